The zero-order valence-electron chi connectivity index (χ0n) is 8.81. The lowest BCUT2D eigenvalue weighted by molar-refractivity contribution is 0.0990. The number of carbonyl (C=O) groups excluding carboxylic acids is 1. The quantitative estimate of drug-likeness (QED) is 0.589. The number of halogens is 1. The zero-order chi connectivity index (χ0) is 11.5. The number of hydrogen-bond donors (Lipinski definition) is 0. The van der Waals surface area contributed by atoms with Crippen LogP contribution in [0, 0.1) is 6.92 Å². The summed E-state index contributed by atoms with van der Waals surface area (Å²) in [5, 5.41) is 1.33. The minimum atomic E-state index is -0.585. The molecule has 1 unspecified atom stereocenters. The molecule has 0 aliphatic rings. The first-order valence-electron chi connectivity index (χ1n) is 4.97. The minimum Gasteiger partial charge on any atom is -0.291 e. The molecule has 82 valence electrons. The average molecular weight is 251 g/mol. The fraction of sp³-hybridized carbons (Fsp3) is 0.154. The third-order valence-electron chi connectivity index (χ3n) is 2.41. The smallest absolute Gasteiger partial charge is 0.195 e. The Kier molecular flexibility index (Phi) is 3.42. The molecule has 0 aliphatic heterocycles. The number of benzene rings is 1. The number of rotatable bonds is 3. The molecule has 2 rings (SSSR count). The van der Waals surface area contributed by atoms with E-state index in [9.17, 15) is 4.79 Å². The fourth-order valence-electron chi connectivity index (χ4n) is 1.51. The maximum atomic E-state index is 12.1. The first kappa shape index (κ1) is 11.4. The second-order valence-corrected chi connectivity index (χ2v) is 4.92. The maximum Gasteiger partial charge on any atom is 0.195 e. The van der Waals surface area contributed by atoms with Crippen molar-refractivity contribution in [2.24, 2.45) is 0 Å². The van der Waals surface area contributed by atoms with Gasteiger partial charge >= 0.3 is 0 Å². The van der Waals surface area contributed by atoms with Gasteiger partial charge in [0.15, 0.2) is 5.78 Å². The molecule has 0 N–H and O–H groups in total. The van der Waals surface area contributed by atoms with Gasteiger partial charge in [-0.1, -0.05) is 30.3 Å². The summed E-state index contributed by atoms with van der Waals surface area (Å²) in [5.41, 5.74) is 1.85. The zero-order valence-corrected chi connectivity index (χ0v) is 10.4. The van der Waals surface area contributed by atoms with Crippen LogP contribution in [-0.2, 0) is 0 Å². The van der Waals surface area contributed by atoms with Crippen LogP contribution in [0.4, 0.5) is 0 Å². The first-order chi connectivity index (χ1) is 7.70. The Labute approximate surface area is 104 Å². The van der Waals surface area contributed by atoms with Crippen LogP contribution < -0.4 is 0 Å². The van der Waals surface area contributed by atoms with Crippen LogP contribution in [0.5, 0.6) is 0 Å². The molecule has 1 heterocycles. The molecule has 16 heavy (non-hydrogen) atoms. The second-order valence-electron chi connectivity index (χ2n) is 3.57. The minimum absolute atomic E-state index is 0.0135. The Morgan fingerprint density at radius 3 is 2.50 bits per heavy atom. The van der Waals surface area contributed by atoms with Crippen LogP contribution in [-0.4, -0.2) is 5.78 Å². The molecule has 3 heteroatoms. The van der Waals surface area contributed by atoms with E-state index in [-0.39, 0.29) is 5.78 Å². The van der Waals surface area contributed by atoms with Crippen molar-refractivity contribution in [2.75, 3.05) is 0 Å². The monoisotopic (exact) mass is 250 g/mol. The van der Waals surface area contributed by atoms with Crippen LogP contribution >= 0.6 is 22.9 Å². The molecule has 0 aliphatic carbocycles. The van der Waals surface area contributed by atoms with Crippen molar-refractivity contribution in [3.05, 3.63) is 57.8 Å². The highest BCUT2D eigenvalue weighted by molar-refractivity contribution is 7.12. The van der Waals surface area contributed by atoms with Crippen LogP contribution in [0.25, 0.3) is 0 Å². The molecule has 0 bridgehead atoms. The van der Waals surface area contributed by atoms with Crippen LogP contribution in [0.3, 0.4) is 0 Å². The van der Waals surface area contributed by atoms with Crippen molar-refractivity contribution in [1.82, 2.24) is 0 Å². The summed E-state index contributed by atoms with van der Waals surface area (Å²) in [7, 11) is 0. The molecule has 0 saturated carbocycles. The first-order valence-corrected chi connectivity index (χ1v) is 6.29. The molecular weight excluding hydrogens is 240 g/mol. The Balaban J connectivity index is 2.27. The lowest BCUT2D eigenvalue weighted by Crippen LogP contribution is -2.06. The SMILES string of the molecule is Cc1ccsc1C(=O)C(Cl)c1ccccc1. The van der Waals surface area contributed by atoms with E-state index in [4.69, 9.17) is 11.6 Å². The molecule has 1 aromatic heterocycles. The molecule has 0 radical (unpaired) electrons. The standard InChI is InChI=1S/C13H11ClOS/c1-9-7-8-16-13(9)12(15)11(14)10-5-3-2-4-6-10/h2-8,11H,1H3. The fourth-order valence-corrected chi connectivity index (χ4v) is 2.73. The van der Waals surface area contributed by atoms with Crippen molar-refractivity contribution < 1.29 is 4.79 Å². The van der Waals surface area contributed by atoms with Crippen LogP contribution in [0.15, 0.2) is 41.8 Å². The predicted octanol–water partition coefficient (Wildman–Crippen LogP) is 4.22. The number of thiophene rings is 1. The van der Waals surface area contributed by atoms with Gasteiger partial charge in [0.25, 0.3) is 0 Å². The highest BCUT2D eigenvalue weighted by Crippen LogP contribution is 2.28. The van der Waals surface area contributed by atoms with Crippen molar-refractivity contribution in [1.29, 1.82) is 0 Å². The van der Waals surface area contributed by atoms with Crippen molar-refractivity contribution in [2.45, 2.75) is 12.3 Å². The molecular formula is C13H11ClOS. The van der Waals surface area contributed by atoms with Gasteiger partial charge in [0.2, 0.25) is 0 Å². The summed E-state index contributed by atoms with van der Waals surface area (Å²) in [6, 6.07) is 11.4. The normalized spacial score (nSPS) is 12.4. The Morgan fingerprint density at radius 2 is 1.94 bits per heavy atom. The van der Waals surface area contributed by atoms with Gasteiger partial charge in [-0.3, -0.25) is 4.79 Å². The van der Waals surface area contributed by atoms with Crippen molar-refractivity contribution in [3.8, 4) is 0 Å². The number of ketones is 1. The molecule has 1 nitrogen and oxygen atoms in total. The highest BCUT2D eigenvalue weighted by atomic mass is 35.5. The molecule has 0 fully saturated rings. The van der Waals surface area contributed by atoms with Gasteiger partial charge in [-0.2, -0.15) is 0 Å². The van der Waals surface area contributed by atoms with E-state index < -0.39 is 5.38 Å². The predicted molar refractivity (Wildman–Crippen MR) is 68.4 cm³/mol. The summed E-state index contributed by atoms with van der Waals surface area (Å²) in [6.45, 7) is 1.93. The summed E-state index contributed by atoms with van der Waals surface area (Å²) in [5.74, 6) is -0.0135. The Hall–Kier alpha value is -1.12. The number of alkyl halides is 1. The van der Waals surface area contributed by atoms with E-state index in [0.29, 0.717) is 0 Å². The van der Waals surface area contributed by atoms with E-state index in [1.54, 1.807) is 0 Å². The van der Waals surface area contributed by atoms with Gasteiger partial charge in [-0.25, -0.2) is 0 Å². The van der Waals surface area contributed by atoms with Crippen LogP contribution in [0.2, 0.25) is 0 Å². The van der Waals surface area contributed by atoms with E-state index in [1.807, 2.05) is 48.7 Å². The Bertz CT molecular complexity index is 490. The van der Waals surface area contributed by atoms with Crippen LogP contribution in [0.1, 0.15) is 26.2 Å². The maximum absolute atomic E-state index is 12.1. The summed E-state index contributed by atoms with van der Waals surface area (Å²) in [6.07, 6.45) is 0. The van der Waals surface area contributed by atoms with Gasteiger partial charge in [0, 0.05) is 0 Å². The molecule has 0 saturated heterocycles. The van der Waals surface area contributed by atoms with Gasteiger partial charge < -0.3 is 0 Å². The topological polar surface area (TPSA) is 17.1 Å². The number of hydrogen-bond acceptors (Lipinski definition) is 2. The molecule has 2 aromatic rings. The molecule has 0 spiro atoms. The van der Waals surface area contributed by atoms with E-state index in [0.717, 1.165) is 16.0 Å². The molecule has 1 atom stereocenters. The number of Topliss-reactive ketones (excluding diaryl/α,β-unsaturated/α-hetero) is 1. The summed E-state index contributed by atoms with van der Waals surface area (Å²) in [4.78, 5) is 12.9. The van der Waals surface area contributed by atoms with Gasteiger partial charge in [0.05, 0.1) is 4.88 Å². The number of carbonyl (C=O) groups is 1. The molecule has 0 amide bonds. The van der Waals surface area contributed by atoms with Crippen molar-refractivity contribution >= 4 is 28.7 Å². The Morgan fingerprint density at radius 1 is 1.25 bits per heavy atom. The highest BCUT2D eigenvalue weighted by Gasteiger charge is 2.21. The van der Waals surface area contributed by atoms with E-state index in [2.05, 4.69) is 0 Å². The van der Waals surface area contributed by atoms with E-state index >= 15 is 0 Å². The lowest BCUT2D eigenvalue weighted by atomic mass is 10.1. The molecule has 1 aromatic carbocycles. The van der Waals surface area contributed by atoms with Crippen molar-refractivity contribution in [3.63, 3.8) is 0 Å². The van der Waals surface area contributed by atoms with E-state index in [1.165, 1.54) is 11.3 Å². The average Bonchev–Trinajstić information content (AvgIpc) is 2.75. The number of aryl methyl sites for hydroxylation is 1. The van der Waals surface area contributed by atoms with Gasteiger partial charge in [-0.15, -0.1) is 22.9 Å². The third-order valence-corrected chi connectivity index (χ3v) is 3.89. The lowest BCUT2D eigenvalue weighted by Gasteiger charge is -2.07. The summed E-state index contributed by atoms with van der Waals surface area (Å²) >= 11 is 7.62. The van der Waals surface area contributed by atoms with Gasteiger partial charge in [0.1, 0.15) is 5.38 Å². The van der Waals surface area contributed by atoms with Gasteiger partial charge in [-0.05, 0) is 29.5 Å². The summed E-state index contributed by atoms with van der Waals surface area (Å²) < 4.78 is 0. The largest absolute Gasteiger partial charge is 0.291 e. The third kappa shape index (κ3) is 2.18. The second kappa shape index (κ2) is 4.81.